The van der Waals surface area contributed by atoms with Gasteiger partial charge in [-0.2, -0.15) is 0 Å². The molecule has 2 rings (SSSR count). The molecule has 4 heteroatoms. The molecule has 0 aromatic heterocycles. The average Bonchev–Trinajstić information content (AvgIpc) is 2.46. The fourth-order valence-electron chi connectivity index (χ4n) is 1.89. The maximum atomic E-state index is 11.9. The number of aliphatic hydroxyl groups is 1. The third-order valence-electron chi connectivity index (χ3n) is 2.98. The third-order valence-corrected chi connectivity index (χ3v) is 3.54. The molecule has 0 bridgehead atoms. The highest BCUT2D eigenvalue weighted by Crippen LogP contribution is 2.28. The maximum Gasteiger partial charge on any atom is 0.158 e. The van der Waals surface area contributed by atoms with E-state index in [1.807, 2.05) is 30.3 Å². The average molecular weight is 321 g/mol. The first-order valence-corrected chi connectivity index (χ1v) is 7.21. The Morgan fingerprint density at radius 2 is 1.86 bits per heavy atom. The van der Waals surface area contributed by atoms with E-state index in [9.17, 15) is 9.90 Å². The summed E-state index contributed by atoms with van der Waals surface area (Å²) in [4.78, 5) is 11.9. The molecular formula is C17H14Cl2O2. The topological polar surface area (TPSA) is 37.3 Å². The summed E-state index contributed by atoms with van der Waals surface area (Å²) in [6.07, 6.45) is 2.22. The van der Waals surface area contributed by atoms with Crippen LogP contribution in [0.3, 0.4) is 0 Å². The van der Waals surface area contributed by atoms with Crippen molar-refractivity contribution in [2.24, 2.45) is 0 Å². The van der Waals surface area contributed by atoms with Gasteiger partial charge in [0.25, 0.3) is 0 Å². The Balaban J connectivity index is 2.00. The number of carbonyl (C=O) groups excluding carboxylic acids is 1. The van der Waals surface area contributed by atoms with Gasteiger partial charge in [0.05, 0.1) is 6.10 Å². The summed E-state index contributed by atoms with van der Waals surface area (Å²) in [6.45, 7) is 0. The lowest BCUT2D eigenvalue weighted by molar-refractivity contribution is -0.116. The first kappa shape index (κ1) is 15.8. The van der Waals surface area contributed by atoms with Crippen LogP contribution in [0.25, 0.3) is 6.08 Å². The molecule has 0 fully saturated rings. The normalized spacial score (nSPS) is 12.5. The summed E-state index contributed by atoms with van der Waals surface area (Å²) in [5.74, 6) is -0.169. The molecule has 2 nitrogen and oxygen atoms in total. The Bertz CT molecular complexity index is 651. The molecule has 0 radical (unpaired) electrons. The lowest BCUT2D eigenvalue weighted by atomic mass is 10.0. The van der Waals surface area contributed by atoms with Gasteiger partial charge in [0, 0.05) is 16.5 Å². The lowest BCUT2D eigenvalue weighted by Crippen LogP contribution is -2.04. The molecule has 0 aliphatic heterocycles. The van der Waals surface area contributed by atoms with Gasteiger partial charge in [0.2, 0.25) is 0 Å². The van der Waals surface area contributed by atoms with Crippen molar-refractivity contribution in [3.63, 3.8) is 0 Å². The second kappa shape index (κ2) is 7.41. The van der Waals surface area contributed by atoms with Crippen molar-refractivity contribution >= 4 is 35.1 Å². The van der Waals surface area contributed by atoms with Crippen LogP contribution >= 0.6 is 23.2 Å². The SMILES string of the molecule is O=C(/C=C/c1ccccc1)C[C@@H](O)c1ccc(Cl)cc1Cl. The van der Waals surface area contributed by atoms with E-state index in [0.717, 1.165) is 5.56 Å². The lowest BCUT2D eigenvalue weighted by Gasteiger charge is -2.11. The molecule has 108 valence electrons. The van der Waals surface area contributed by atoms with Gasteiger partial charge in [-0.1, -0.05) is 65.7 Å². The molecular weight excluding hydrogens is 307 g/mol. The highest BCUT2D eigenvalue weighted by atomic mass is 35.5. The number of carbonyl (C=O) groups is 1. The Morgan fingerprint density at radius 3 is 2.52 bits per heavy atom. The van der Waals surface area contributed by atoms with E-state index < -0.39 is 6.10 Å². The zero-order valence-corrected chi connectivity index (χ0v) is 12.7. The number of rotatable bonds is 5. The van der Waals surface area contributed by atoms with Crippen LogP contribution in [0, 0.1) is 0 Å². The maximum absolute atomic E-state index is 11.9. The third kappa shape index (κ3) is 4.71. The fraction of sp³-hybridized carbons (Fsp3) is 0.118. The van der Waals surface area contributed by atoms with E-state index >= 15 is 0 Å². The van der Waals surface area contributed by atoms with Crippen molar-refractivity contribution < 1.29 is 9.90 Å². The smallest absolute Gasteiger partial charge is 0.158 e. The van der Waals surface area contributed by atoms with Crippen molar-refractivity contribution in [1.29, 1.82) is 0 Å². The quantitative estimate of drug-likeness (QED) is 0.811. The van der Waals surface area contributed by atoms with E-state index in [-0.39, 0.29) is 12.2 Å². The summed E-state index contributed by atoms with van der Waals surface area (Å²) in [5.41, 5.74) is 1.44. The van der Waals surface area contributed by atoms with Gasteiger partial charge in [0.15, 0.2) is 5.78 Å². The zero-order valence-electron chi connectivity index (χ0n) is 11.2. The van der Waals surface area contributed by atoms with E-state index in [0.29, 0.717) is 15.6 Å². The van der Waals surface area contributed by atoms with Gasteiger partial charge >= 0.3 is 0 Å². The summed E-state index contributed by atoms with van der Waals surface area (Å²) >= 11 is 11.8. The molecule has 0 amide bonds. The summed E-state index contributed by atoms with van der Waals surface area (Å²) in [6, 6.07) is 14.3. The number of hydrogen-bond donors (Lipinski definition) is 1. The van der Waals surface area contributed by atoms with E-state index in [1.165, 1.54) is 6.08 Å². The standard InChI is InChI=1S/C17H14Cl2O2/c18-13-7-9-15(16(19)10-13)17(21)11-14(20)8-6-12-4-2-1-3-5-12/h1-10,17,21H,11H2/b8-6+/t17-/m1/s1. The Morgan fingerprint density at radius 1 is 1.14 bits per heavy atom. The predicted molar refractivity (Wildman–Crippen MR) is 86.5 cm³/mol. The molecule has 21 heavy (non-hydrogen) atoms. The van der Waals surface area contributed by atoms with Gasteiger partial charge in [-0.05, 0) is 29.3 Å². The van der Waals surface area contributed by atoms with Crippen LogP contribution in [-0.2, 0) is 4.79 Å². The number of benzene rings is 2. The van der Waals surface area contributed by atoms with Crippen LogP contribution in [0.4, 0.5) is 0 Å². The van der Waals surface area contributed by atoms with Crippen LogP contribution in [0.15, 0.2) is 54.6 Å². The largest absolute Gasteiger partial charge is 0.388 e. The minimum atomic E-state index is -0.942. The summed E-state index contributed by atoms with van der Waals surface area (Å²) < 4.78 is 0. The second-order valence-corrected chi connectivity index (χ2v) is 5.44. The molecule has 1 atom stereocenters. The van der Waals surface area contributed by atoms with Crippen LogP contribution in [0.5, 0.6) is 0 Å². The van der Waals surface area contributed by atoms with Gasteiger partial charge in [-0.15, -0.1) is 0 Å². The minimum absolute atomic E-state index is 0.0231. The molecule has 0 aliphatic carbocycles. The number of halogens is 2. The minimum Gasteiger partial charge on any atom is -0.388 e. The second-order valence-electron chi connectivity index (χ2n) is 4.60. The van der Waals surface area contributed by atoms with Gasteiger partial charge in [0.1, 0.15) is 0 Å². The van der Waals surface area contributed by atoms with Crippen LogP contribution in [0.2, 0.25) is 10.0 Å². The fourth-order valence-corrected chi connectivity index (χ4v) is 2.43. The molecule has 0 unspecified atom stereocenters. The number of hydrogen-bond acceptors (Lipinski definition) is 2. The van der Waals surface area contributed by atoms with Gasteiger partial charge in [-0.3, -0.25) is 4.79 Å². The Kier molecular flexibility index (Phi) is 5.57. The Labute approximate surface area is 133 Å². The molecule has 0 saturated heterocycles. The summed E-state index contributed by atoms with van der Waals surface area (Å²) in [5, 5.41) is 10.9. The number of aliphatic hydroxyl groups excluding tert-OH is 1. The molecule has 0 aliphatic rings. The molecule has 0 spiro atoms. The van der Waals surface area contributed by atoms with Crippen LogP contribution < -0.4 is 0 Å². The highest BCUT2D eigenvalue weighted by Gasteiger charge is 2.14. The zero-order chi connectivity index (χ0) is 15.2. The summed E-state index contributed by atoms with van der Waals surface area (Å²) in [7, 11) is 0. The van der Waals surface area contributed by atoms with Crippen molar-refractivity contribution in [1.82, 2.24) is 0 Å². The van der Waals surface area contributed by atoms with E-state index in [4.69, 9.17) is 23.2 Å². The van der Waals surface area contributed by atoms with Gasteiger partial charge in [-0.25, -0.2) is 0 Å². The monoisotopic (exact) mass is 320 g/mol. The van der Waals surface area contributed by atoms with Crippen molar-refractivity contribution in [3.05, 3.63) is 75.8 Å². The van der Waals surface area contributed by atoms with Crippen LogP contribution in [-0.4, -0.2) is 10.9 Å². The van der Waals surface area contributed by atoms with Crippen molar-refractivity contribution in [2.45, 2.75) is 12.5 Å². The van der Waals surface area contributed by atoms with E-state index in [2.05, 4.69) is 0 Å². The predicted octanol–water partition coefficient (Wildman–Crippen LogP) is 4.70. The molecule has 2 aromatic carbocycles. The number of allylic oxidation sites excluding steroid dienone is 1. The first-order chi connectivity index (χ1) is 10.1. The van der Waals surface area contributed by atoms with E-state index in [1.54, 1.807) is 24.3 Å². The molecule has 0 saturated carbocycles. The van der Waals surface area contributed by atoms with Crippen molar-refractivity contribution in [3.8, 4) is 0 Å². The molecule has 0 heterocycles. The first-order valence-electron chi connectivity index (χ1n) is 6.45. The molecule has 2 aromatic rings. The highest BCUT2D eigenvalue weighted by molar-refractivity contribution is 6.35. The molecule has 1 N–H and O–H groups in total. The Hall–Kier alpha value is -1.61. The number of ketones is 1. The van der Waals surface area contributed by atoms with Gasteiger partial charge < -0.3 is 5.11 Å². The van der Waals surface area contributed by atoms with Crippen LogP contribution in [0.1, 0.15) is 23.7 Å². The van der Waals surface area contributed by atoms with Crippen molar-refractivity contribution in [2.75, 3.05) is 0 Å².